The van der Waals surface area contributed by atoms with Crippen molar-refractivity contribution in [2.45, 2.75) is 31.3 Å². The molecule has 28 heavy (non-hydrogen) atoms. The Morgan fingerprint density at radius 1 is 1.14 bits per heavy atom. The lowest BCUT2D eigenvalue weighted by Crippen LogP contribution is -2.40. The van der Waals surface area contributed by atoms with E-state index in [2.05, 4.69) is 43.3 Å². The summed E-state index contributed by atoms with van der Waals surface area (Å²) in [5, 5.41) is 16.7. The van der Waals surface area contributed by atoms with Crippen LogP contribution in [0, 0.1) is 0 Å². The van der Waals surface area contributed by atoms with Crippen LogP contribution in [0.3, 0.4) is 0 Å². The van der Waals surface area contributed by atoms with Crippen LogP contribution in [0.1, 0.15) is 35.4 Å². The molecule has 3 aromatic rings. The van der Waals surface area contributed by atoms with Crippen molar-refractivity contribution in [3.8, 4) is 0 Å². The Morgan fingerprint density at radius 3 is 2.64 bits per heavy atom. The third-order valence-corrected chi connectivity index (χ3v) is 6.15. The summed E-state index contributed by atoms with van der Waals surface area (Å²) >= 11 is 1.75. The third-order valence-electron chi connectivity index (χ3n) is 5.18. The number of rotatable bonds is 8. The van der Waals surface area contributed by atoms with Gasteiger partial charge >= 0.3 is 0 Å². The van der Waals surface area contributed by atoms with Gasteiger partial charge in [0.05, 0.1) is 6.04 Å². The van der Waals surface area contributed by atoms with Crippen LogP contribution in [0.15, 0.2) is 54.2 Å². The number of nitrogens with one attached hydrogen (secondary N) is 1. The predicted octanol–water partition coefficient (Wildman–Crippen LogP) is 2.47. The topological polar surface area (TPSA) is 75.9 Å². The molecular formula is C20H24N6OS. The second-order valence-corrected chi connectivity index (χ2v) is 7.99. The summed E-state index contributed by atoms with van der Waals surface area (Å²) in [6, 6.07) is 13.9. The van der Waals surface area contributed by atoms with Crippen LogP contribution in [0.5, 0.6) is 0 Å². The number of likely N-dealkylation sites (tertiary alicyclic amines) is 1. The number of hydrogen-bond donors (Lipinski definition) is 1. The zero-order valence-corrected chi connectivity index (χ0v) is 16.5. The maximum atomic E-state index is 13.1. The molecule has 0 bridgehead atoms. The molecule has 1 N–H and O–H groups in total. The van der Waals surface area contributed by atoms with Gasteiger partial charge in [-0.2, -0.15) is 0 Å². The molecule has 2 aromatic heterocycles. The van der Waals surface area contributed by atoms with E-state index in [0.717, 1.165) is 18.7 Å². The van der Waals surface area contributed by atoms with Crippen LogP contribution < -0.4 is 5.32 Å². The van der Waals surface area contributed by atoms with Crippen LogP contribution in [0.2, 0.25) is 0 Å². The number of benzene rings is 1. The van der Waals surface area contributed by atoms with E-state index in [1.807, 2.05) is 30.3 Å². The van der Waals surface area contributed by atoms with Crippen molar-refractivity contribution in [1.82, 2.24) is 30.4 Å². The molecule has 2 unspecified atom stereocenters. The second-order valence-electron chi connectivity index (χ2n) is 7.01. The standard InChI is InChI=1S/C20H24N6OS/c27-20(17(26-15-22-23-24-26)13-16-7-2-1-3-8-16)21-14-18(19-9-6-12-28-19)25-10-4-5-11-25/h1-3,6-9,12,15,17-18H,4-5,10-11,13-14H2,(H,21,27). The van der Waals surface area contributed by atoms with Crippen molar-refractivity contribution < 1.29 is 4.79 Å². The zero-order valence-electron chi connectivity index (χ0n) is 15.6. The highest BCUT2D eigenvalue weighted by Gasteiger charge is 2.27. The molecule has 1 amide bonds. The summed E-state index contributed by atoms with van der Waals surface area (Å²) in [6.07, 6.45) is 4.49. The van der Waals surface area contributed by atoms with Crippen molar-refractivity contribution >= 4 is 17.2 Å². The number of tetrazole rings is 1. The first-order valence-corrected chi connectivity index (χ1v) is 10.5. The van der Waals surface area contributed by atoms with Gasteiger partial charge in [-0.25, -0.2) is 4.68 Å². The number of carbonyl (C=O) groups is 1. The molecule has 0 saturated carbocycles. The van der Waals surface area contributed by atoms with Gasteiger partial charge in [-0.15, -0.1) is 16.4 Å². The Labute approximate surface area is 168 Å². The molecule has 1 saturated heterocycles. The largest absolute Gasteiger partial charge is 0.352 e. The lowest BCUT2D eigenvalue weighted by molar-refractivity contribution is -0.124. The number of nitrogens with zero attached hydrogens (tertiary/aromatic N) is 5. The van der Waals surface area contributed by atoms with E-state index in [4.69, 9.17) is 0 Å². The van der Waals surface area contributed by atoms with Crippen LogP contribution >= 0.6 is 11.3 Å². The Balaban J connectivity index is 1.47. The monoisotopic (exact) mass is 396 g/mol. The van der Waals surface area contributed by atoms with Crippen LogP contribution in [0.25, 0.3) is 0 Å². The van der Waals surface area contributed by atoms with E-state index in [-0.39, 0.29) is 11.9 Å². The maximum absolute atomic E-state index is 13.1. The van der Waals surface area contributed by atoms with Gasteiger partial charge in [0.25, 0.3) is 0 Å². The molecule has 8 heteroatoms. The van der Waals surface area contributed by atoms with E-state index in [1.54, 1.807) is 16.0 Å². The number of thiophene rings is 1. The minimum atomic E-state index is -0.472. The highest BCUT2D eigenvalue weighted by molar-refractivity contribution is 7.10. The lowest BCUT2D eigenvalue weighted by atomic mass is 10.1. The molecule has 146 valence electrons. The van der Waals surface area contributed by atoms with E-state index in [0.29, 0.717) is 13.0 Å². The molecule has 1 aliphatic rings. The van der Waals surface area contributed by atoms with E-state index >= 15 is 0 Å². The third kappa shape index (κ3) is 4.45. The average molecular weight is 397 g/mol. The van der Waals surface area contributed by atoms with Gasteiger partial charge in [0.2, 0.25) is 5.91 Å². The first-order valence-electron chi connectivity index (χ1n) is 9.63. The van der Waals surface area contributed by atoms with Crippen molar-refractivity contribution in [3.05, 3.63) is 64.6 Å². The minimum absolute atomic E-state index is 0.0584. The summed E-state index contributed by atoms with van der Waals surface area (Å²) in [5.41, 5.74) is 1.08. The molecular weight excluding hydrogens is 372 g/mol. The van der Waals surface area contributed by atoms with Gasteiger partial charge in [-0.05, 0) is 53.4 Å². The van der Waals surface area contributed by atoms with Gasteiger partial charge in [-0.1, -0.05) is 36.4 Å². The molecule has 0 radical (unpaired) electrons. The van der Waals surface area contributed by atoms with E-state index < -0.39 is 6.04 Å². The molecule has 1 aliphatic heterocycles. The smallest absolute Gasteiger partial charge is 0.245 e. The van der Waals surface area contributed by atoms with Gasteiger partial charge < -0.3 is 5.32 Å². The molecule has 0 aliphatic carbocycles. The predicted molar refractivity (Wildman–Crippen MR) is 108 cm³/mol. The Bertz CT molecular complexity index is 846. The Morgan fingerprint density at radius 2 is 1.96 bits per heavy atom. The van der Waals surface area contributed by atoms with Crippen molar-refractivity contribution in [3.63, 3.8) is 0 Å². The highest BCUT2D eigenvalue weighted by atomic mass is 32.1. The van der Waals surface area contributed by atoms with Crippen LogP contribution in [-0.2, 0) is 11.2 Å². The summed E-state index contributed by atoms with van der Waals surface area (Å²) in [4.78, 5) is 16.9. The Kier molecular flexibility index (Phi) is 6.08. The molecule has 2 atom stereocenters. The summed E-state index contributed by atoms with van der Waals surface area (Å²) in [6.45, 7) is 2.75. The number of aromatic nitrogens is 4. The fraction of sp³-hybridized carbons (Fsp3) is 0.400. The maximum Gasteiger partial charge on any atom is 0.245 e. The van der Waals surface area contributed by atoms with Crippen LogP contribution in [0.4, 0.5) is 0 Å². The summed E-state index contributed by atoms with van der Waals surface area (Å²) < 4.78 is 1.54. The van der Waals surface area contributed by atoms with Crippen molar-refractivity contribution in [2.75, 3.05) is 19.6 Å². The lowest BCUT2D eigenvalue weighted by Gasteiger charge is -2.27. The molecule has 1 fully saturated rings. The first kappa shape index (κ1) is 18.8. The van der Waals surface area contributed by atoms with Gasteiger partial charge in [0.15, 0.2) is 0 Å². The van der Waals surface area contributed by atoms with E-state index in [9.17, 15) is 4.79 Å². The molecule has 7 nitrogen and oxygen atoms in total. The van der Waals surface area contributed by atoms with Crippen LogP contribution in [-0.4, -0.2) is 50.6 Å². The summed E-state index contributed by atoms with van der Waals surface area (Å²) in [5.74, 6) is -0.0584. The van der Waals surface area contributed by atoms with Gasteiger partial charge in [0.1, 0.15) is 12.4 Å². The molecule has 4 rings (SSSR count). The number of carbonyl (C=O) groups excluding carboxylic acids is 1. The molecule has 1 aromatic carbocycles. The quantitative estimate of drug-likeness (QED) is 0.633. The molecule has 3 heterocycles. The summed E-state index contributed by atoms with van der Waals surface area (Å²) in [7, 11) is 0. The fourth-order valence-electron chi connectivity index (χ4n) is 3.71. The normalized spacial score (nSPS) is 16.7. The Hall–Kier alpha value is -2.58. The van der Waals surface area contributed by atoms with Crippen molar-refractivity contribution in [1.29, 1.82) is 0 Å². The highest BCUT2D eigenvalue weighted by Crippen LogP contribution is 2.28. The second kappa shape index (κ2) is 9.07. The fourth-order valence-corrected chi connectivity index (χ4v) is 4.57. The van der Waals surface area contributed by atoms with Gasteiger partial charge in [-0.3, -0.25) is 9.69 Å². The molecule has 0 spiro atoms. The number of amides is 1. The number of hydrogen-bond acceptors (Lipinski definition) is 6. The average Bonchev–Trinajstić information content (AvgIpc) is 3.51. The van der Waals surface area contributed by atoms with Gasteiger partial charge in [0, 0.05) is 17.8 Å². The minimum Gasteiger partial charge on any atom is -0.352 e. The van der Waals surface area contributed by atoms with Crippen molar-refractivity contribution in [2.24, 2.45) is 0 Å². The van der Waals surface area contributed by atoms with E-state index in [1.165, 1.54) is 24.0 Å². The zero-order chi connectivity index (χ0) is 19.2. The SMILES string of the molecule is O=C(NCC(c1cccs1)N1CCCC1)C(Cc1ccccc1)n1cnnn1. The first-order chi connectivity index (χ1) is 13.8.